The van der Waals surface area contributed by atoms with Crippen LogP contribution in [0.2, 0.25) is 0 Å². The topological polar surface area (TPSA) is 17.1 Å². The Kier molecular flexibility index (Phi) is 3.87. The summed E-state index contributed by atoms with van der Waals surface area (Å²) in [6.07, 6.45) is 4.08. The van der Waals surface area contributed by atoms with Crippen molar-refractivity contribution in [1.82, 2.24) is 0 Å². The molecule has 0 N–H and O–H groups in total. The van der Waals surface area contributed by atoms with Crippen LogP contribution in [0, 0.1) is 5.82 Å². The van der Waals surface area contributed by atoms with E-state index in [1.54, 1.807) is 18.2 Å². The molecule has 0 radical (unpaired) electrons. The van der Waals surface area contributed by atoms with Crippen molar-refractivity contribution in [2.75, 3.05) is 0 Å². The molecule has 108 valence electrons. The molecule has 0 heterocycles. The van der Waals surface area contributed by atoms with Gasteiger partial charge in [0.2, 0.25) is 0 Å². The molecule has 0 bridgehead atoms. The summed E-state index contributed by atoms with van der Waals surface area (Å²) >= 11 is 0. The van der Waals surface area contributed by atoms with Gasteiger partial charge in [-0.1, -0.05) is 61.4 Å². The van der Waals surface area contributed by atoms with Crippen molar-refractivity contribution < 1.29 is 9.18 Å². The SMILES string of the molecule is O=C(Cc1ccccc1F)C1(c2ccccc2)CCCC1. The minimum Gasteiger partial charge on any atom is -0.298 e. The molecule has 0 aliphatic heterocycles. The Morgan fingerprint density at radius 2 is 1.57 bits per heavy atom. The molecule has 1 aliphatic carbocycles. The molecule has 0 unspecified atom stereocenters. The zero-order valence-electron chi connectivity index (χ0n) is 12.0. The lowest BCUT2D eigenvalue weighted by atomic mass is 9.73. The Hall–Kier alpha value is -1.96. The van der Waals surface area contributed by atoms with Crippen LogP contribution >= 0.6 is 0 Å². The first-order chi connectivity index (χ1) is 10.2. The largest absolute Gasteiger partial charge is 0.298 e. The standard InChI is InChI=1S/C19H19FO/c20-17-11-5-4-8-15(17)14-18(21)19(12-6-7-13-19)16-9-2-1-3-10-16/h1-5,8-11H,6-7,12-14H2. The number of benzene rings is 2. The summed E-state index contributed by atoms with van der Waals surface area (Å²) in [6, 6.07) is 16.6. The lowest BCUT2D eigenvalue weighted by molar-refractivity contribution is -0.123. The van der Waals surface area contributed by atoms with Gasteiger partial charge in [0.25, 0.3) is 0 Å². The van der Waals surface area contributed by atoms with Gasteiger partial charge in [0, 0.05) is 6.42 Å². The molecule has 1 fully saturated rings. The molecule has 0 atom stereocenters. The fourth-order valence-corrected chi connectivity index (χ4v) is 3.45. The molecule has 3 rings (SSSR count). The van der Waals surface area contributed by atoms with Gasteiger partial charge in [-0.3, -0.25) is 4.79 Å². The van der Waals surface area contributed by atoms with Gasteiger partial charge in [-0.25, -0.2) is 4.39 Å². The number of carbonyl (C=O) groups excluding carboxylic acids is 1. The van der Waals surface area contributed by atoms with Crippen LogP contribution in [0.25, 0.3) is 0 Å². The molecule has 1 nitrogen and oxygen atoms in total. The number of Topliss-reactive ketones (excluding diaryl/α,β-unsaturated/α-hetero) is 1. The summed E-state index contributed by atoms with van der Waals surface area (Å²) in [5.74, 6) is -0.136. The Morgan fingerprint density at radius 3 is 2.24 bits per heavy atom. The highest BCUT2D eigenvalue weighted by molar-refractivity contribution is 5.92. The maximum atomic E-state index is 13.8. The maximum Gasteiger partial charge on any atom is 0.147 e. The van der Waals surface area contributed by atoms with Gasteiger partial charge in [-0.2, -0.15) is 0 Å². The van der Waals surface area contributed by atoms with Crippen molar-refractivity contribution in [3.05, 3.63) is 71.5 Å². The van der Waals surface area contributed by atoms with Crippen molar-refractivity contribution >= 4 is 5.78 Å². The van der Waals surface area contributed by atoms with Crippen LogP contribution in [-0.4, -0.2) is 5.78 Å². The molecular weight excluding hydrogens is 263 g/mol. The molecule has 1 saturated carbocycles. The fourth-order valence-electron chi connectivity index (χ4n) is 3.45. The van der Waals surface area contributed by atoms with Gasteiger partial charge in [-0.15, -0.1) is 0 Å². The first-order valence-electron chi connectivity index (χ1n) is 7.55. The quantitative estimate of drug-likeness (QED) is 0.809. The Morgan fingerprint density at radius 1 is 0.952 bits per heavy atom. The lowest BCUT2D eigenvalue weighted by Crippen LogP contribution is -2.34. The smallest absolute Gasteiger partial charge is 0.147 e. The minimum atomic E-state index is -0.413. The van der Waals surface area contributed by atoms with Crippen LogP contribution in [0.4, 0.5) is 4.39 Å². The first kappa shape index (κ1) is 14.0. The molecule has 2 aromatic carbocycles. The molecular formula is C19H19FO. The van der Waals surface area contributed by atoms with Crippen molar-refractivity contribution in [2.24, 2.45) is 0 Å². The van der Waals surface area contributed by atoms with Crippen molar-refractivity contribution in [2.45, 2.75) is 37.5 Å². The number of ketones is 1. The van der Waals surface area contributed by atoms with Crippen LogP contribution in [-0.2, 0) is 16.6 Å². The summed E-state index contributed by atoms with van der Waals surface area (Å²) < 4.78 is 13.8. The second-order valence-electron chi connectivity index (χ2n) is 5.85. The monoisotopic (exact) mass is 282 g/mol. The molecule has 2 aromatic rings. The predicted octanol–water partition coefficient (Wildman–Crippen LogP) is 4.45. The van der Waals surface area contributed by atoms with Crippen LogP contribution in [0.5, 0.6) is 0 Å². The van der Waals surface area contributed by atoms with E-state index >= 15 is 0 Å². The summed E-state index contributed by atoms with van der Waals surface area (Å²) in [5, 5.41) is 0. The van der Waals surface area contributed by atoms with E-state index in [1.807, 2.05) is 30.3 Å². The molecule has 21 heavy (non-hydrogen) atoms. The van der Waals surface area contributed by atoms with E-state index in [2.05, 4.69) is 0 Å². The summed E-state index contributed by atoms with van der Waals surface area (Å²) in [7, 11) is 0. The van der Waals surface area contributed by atoms with E-state index in [9.17, 15) is 9.18 Å². The minimum absolute atomic E-state index is 0.149. The second kappa shape index (κ2) is 5.80. The highest BCUT2D eigenvalue weighted by atomic mass is 19.1. The lowest BCUT2D eigenvalue weighted by Gasteiger charge is -2.28. The van der Waals surface area contributed by atoms with Gasteiger partial charge in [-0.05, 0) is 30.0 Å². The molecule has 0 saturated heterocycles. The zero-order valence-corrected chi connectivity index (χ0v) is 12.0. The van der Waals surface area contributed by atoms with E-state index in [-0.39, 0.29) is 18.0 Å². The van der Waals surface area contributed by atoms with Gasteiger partial charge >= 0.3 is 0 Å². The highest BCUT2D eigenvalue weighted by Gasteiger charge is 2.41. The van der Waals surface area contributed by atoms with E-state index in [0.717, 1.165) is 31.2 Å². The van der Waals surface area contributed by atoms with E-state index in [0.29, 0.717) is 5.56 Å². The van der Waals surface area contributed by atoms with Crippen LogP contribution in [0.15, 0.2) is 54.6 Å². The van der Waals surface area contributed by atoms with Crippen LogP contribution in [0.1, 0.15) is 36.8 Å². The summed E-state index contributed by atoms with van der Waals surface area (Å²) in [6.45, 7) is 0. The van der Waals surface area contributed by atoms with Crippen molar-refractivity contribution in [3.8, 4) is 0 Å². The molecule has 1 aliphatic rings. The van der Waals surface area contributed by atoms with Crippen molar-refractivity contribution in [3.63, 3.8) is 0 Å². The van der Waals surface area contributed by atoms with Gasteiger partial charge in [0.1, 0.15) is 11.6 Å². The number of rotatable bonds is 4. The molecule has 2 heteroatoms. The number of hydrogen-bond donors (Lipinski definition) is 0. The van der Waals surface area contributed by atoms with Crippen LogP contribution < -0.4 is 0 Å². The summed E-state index contributed by atoms with van der Waals surface area (Å²) in [4.78, 5) is 12.9. The maximum absolute atomic E-state index is 13.8. The predicted molar refractivity (Wildman–Crippen MR) is 81.7 cm³/mol. The second-order valence-corrected chi connectivity index (χ2v) is 5.85. The number of carbonyl (C=O) groups is 1. The van der Waals surface area contributed by atoms with Gasteiger partial charge < -0.3 is 0 Å². The van der Waals surface area contributed by atoms with E-state index in [1.165, 1.54) is 6.07 Å². The average molecular weight is 282 g/mol. The third-order valence-electron chi connectivity index (χ3n) is 4.63. The fraction of sp³-hybridized carbons (Fsp3) is 0.316. The molecule has 0 spiro atoms. The average Bonchev–Trinajstić information content (AvgIpc) is 3.01. The van der Waals surface area contributed by atoms with Gasteiger partial charge in [0.15, 0.2) is 0 Å². The number of halogens is 1. The third-order valence-corrected chi connectivity index (χ3v) is 4.63. The third kappa shape index (κ3) is 2.63. The Bertz CT molecular complexity index is 627. The summed E-state index contributed by atoms with van der Waals surface area (Å²) in [5.41, 5.74) is 1.18. The van der Waals surface area contributed by atoms with Crippen LogP contribution in [0.3, 0.4) is 0 Å². The number of hydrogen-bond acceptors (Lipinski definition) is 1. The Labute approximate surface area is 124 Å². The molecule has 0 amide bonds. The Balaban J connectivity index is 1.92. The first-order valence-corrected chi connectivity index (χ1v) is 7.55. The van der Waals surface area contributed by atoms with Crippen molar-refractivity contribution in [1.29, 1.82) is 0 Å². The van der Waals surface area contributed by atoms with Gasteiger partial charge in [0.05, 0.1) is 5.41 Å². The normalized spacial score (nSPS) is 16.8. The van der Waals surface area contributed by atoms with E-state index < -0.39 is 5.41 Å². The van der Waals surface area contributed by atoms with E-state index in [4.69, 9.17) is 0 Å². The highest BCUT2D eigenvalue weighted by Crippen LogP contribution is 2.42. The molecule has 0 aromatic heterocycles. The zero-order chi connectivity index (χ0) is 14.7.